The molecule has 0 radical (unpaired) electrons. The number of hydrogen-bond donors (Lipinski definition) is 0. The molecule has 3 heterocycles. The summed E-state index contributed by atoms with van der Waals surface area (Å²) in [6.45, 7) is 5.07. The van der Waals surface area contributed by atoms with Gasteiger partial charge < -0.3 is 9.30 Å². The fraction of sp³-hybridized carbons (Fsp3) is 0.500. The Hall–Kier alpha value is -1.63. The first-order chi connectivity index (χ1) is 11.0. The van der Waals surface area contributed by atoms with Gasteiger partial charge in [0, 0.05) is 59.2 Å². The summed E-state index contributed by atoms with van der Waals surface area (Å²) in [4.78, 5) is 22.6. The maximum absolute atomic E-state index is 11.8. The lowest BCUT2D eigenvalue weighted by Gasteiger charge is -2.34. The van der Waals surface area contributed by atoms with E-state index in [4.69, 9.17) is 11.6 Å². The summed E-state index contributed by atoms with van der Waals surface area (Å²) in [5.74, 6) is 0.163. The number of amides is 1. The Kier molecular flexibility index (Phi) is 4.84. The number of imidazole rings is 1. The van der Waals surface area contributed by atoms with Gasteiger partial charge in [-0.3, -0.25) is 14.6 Å². The van der Waals surface area contributed by atoms with Crippen molar-refractivity contribution in [3.05, 3.63) is 35.2 Å². The van der Waals surface area contributed by atoms with Gasteiger partial charge in [0.15, 0.2) is 0 Å². The Balaban J connectivity index is 1.54. The summed E-state index contributed by atoms with van der Waals surface area (Å²) >= 11 is 6.00. The quantitative estimate of drug-likeness (QED) is 0.842. The molecular formula is C16H22ClN5O. The molecule has 0 N–H and O–H groups in total. The molecule has 2 aromatic rings. The van der Waals surface area contributed by atoms with Crippen LogP contribution in [0.3, 0.4) is 0 Å². The van der Waals surface area contributed by atoms with Crippen molar-refractivity contribution in [2.45, 2.75) is 6.54 Å². The van der Waals surface area contributed by atoms with Crippen molar-refractivity contribution >= 4 is 23.2 Å². The minimum absolute atomic E-state index is 0.163. The molecular weight excluding hydrogens is 314 g/mol. The number of likely N-dealkylation sites (N-methyl/N-ethyl adjacent to an activating group) is 1. The largest absolute Gasteiger partial charge is 0.348 e. The summed E-state index contributed by atoms with van der Waals surface area (Å²) in [6, 6.07) is 3.78. The van der Waals surface area contributed by atoms with E-state index in [0.717, 1.165) is 44.1 Å². The fourth-order valence-corrected chi connectivity index (χ4v) is 2.93. The van der Waals surface area contributed by atoms with Gasteiger partial charge in [0.25, 0.3) is 0 Å². The maximum Gasteiger partial charge on any atom is 0.236 e. The Morgan fingerprint density at radius 2 is 1.87 bits per heavy atom. The lowest BCUT2D eigenvalue weighted by molar-refractivity contribution is -0.130. The third-order valence-electron chi connectivity index (χ3n) is 4.17. The molecule has 6 nitrogen and oxygen atoms in total. The molecule has 7 heteroatoms. The van der Waals surface area contributed by atoms with Crippen molar-refractivity contribution < 1.29 is 4.79 Å². The van der Waals surface area contributed by atoms with Gasteiger partial charge in [-0.1, -0.05) is 11.6 Å². The summed E-state index contributed by atoms with van der Waals surface area (Å²) in [7, 11) is 3.60. The highest BCUT2D eigenvalue weighted by Crippen LogP contribution is 2.13. The molecule has 0 unspecified atom stereocenters. The summed E-state index contributed by atoms with van der Waals surface area (Å²) in [5.41, 5.74) is 1.96. The highest BCUT2D eigenvalue weighted by molar-refractivity contribution is 6.30. The molecule has 0 spiro atoms. The topological polar surface area (TPSA) is 44.1 Å². The average molecular weight is 336 g/mol. The van der Waals surface area contributed by atoms with Crippen molar-refractivity contribution in [3.8, 4) is 0 Å². The van der Waals surface area contributed by atoms with Crippen LogP contribution in [0.5, 0.6) is 0 Å². The first kappa shape index (κ1) is 16.2. The van der Waals surface area contributed by atoms with Gasteiger partial charge in [-0.2, -0.15) is 0 Å². The van der Waals surface area contributed by atoms with E-state index >= 15 is 0 Å². The number of rotatable bonds is 4. The number of carbonyl (C=O) groups excluding carboxylic acids is 1. The van der Waals surface area contributed by atoms with E-state index in [1.807, 2.05) is 28.9 Å². The zero-order chi connectivity index (χ0) is 16.4. The van der Waals surface area contributed by atoms with Crippen LogP contribution in [0, 0.1) is 0 Å². The second-order valence-corrected chi connectivity index (χ2v) is 6.62. The second-order valence-electron chi connectivity index (χ2n) is 6.19. The Morgan fingerprint density at radius 3 is 2.57 bits per heavy atom. The molecule has 0 bridgehead atoms. The number of nitrogens with zero attached hydrogens (tertiary/aromatic N) is 5. The van der Waals surface area contributed by atoms with Gasteiger partial charge in [-0.25, -0.2) is 4.98 Å². The molecule has 1 amide bonds. The number of pyridine rings is 1. The molecule has 0 aliphatic carbocycles. The van der Waals surface area contributed by atoms with E-state index in [1.54, 1.807) is 19.0 Å². The monoisotopic (exact) mass is 335 g/mol. The number of aromatic nitrogens is 2. The first-order valence-corrected chi connectivity index (χ1v) is 8.17. The maximum atomic E-state index is 11.8. The third kappa shape index (κ3) is 4.02. The summed E-state index contributed by atoms with van der Waals surface area (Å²) in [6.07, 6.45) is 3.90. The zero-order valence-corrected chi connectivity index (χ0v) is 14.3. The number of hydrogen-bond acceptors (Lipinski definition) is 4. The van der Waals surface area contributed by atoms with Crippen LogP contribution in [0.4, 0.5) is 0 Å². The lowest BCUT2D eigenvalue weighted by Crippen LogP contribution is -2.48. The minimum atomic E-state index is 0.163. The Labute approximate surface area is 141 Å². The molecule has 0 aromatic carbocycles. The normalized spacial score (nSPS) is 16.8. The van der Waals surface area contributed by atoms with Gasteiger partial charge in [-0.15, -0.1) is 0 Å². The van der Waals surface area contributed by atoms with Crippen molar-refractivity contribution in [1.29, 1.82) is 0 Å². The summed E-state index contributed by atoms with van der Waals surface area (Å²) < 4.78 is 1.96. The number of fused-ring (bicyclic) bond motifs is 1. The predicted molar refractivity (Wildman–Crippen MR) is 90.6 cm³/mol. The highest BCUT2D eigenvalue weighted by atomic mass is 35.5. The molecule has 1 aliphatic rings. The molecule has 0 saturated carbocycles. The highest BCUT2D eigenvalue weighted by Gasteiger charge is 2.20. The van der Waals surface area contributed by atoms with E-state index < -0.39 is 0 Å². The third-order valence-corrected chi connectivity index (χ3v) is 4.40. The average Bonchev–Trinajstić information content (AvgIpc) is 2.90. The van der Waals surface area contributed by atoms with Crippen LogP contribution in [-0.4, -0.2) is 76.8 Å². The van der Waals surface area contributed by atoms with Crippen molar-refractivity contribution in [2.24, 2.45) is 0 Å². The van der Waals surface area contributed by atoms with E-state index in [9.17, 15) is 4.79 Å². The Morgan fingerprint density at radius 1 is 1.17 bits per heavy atom. The lowest BCUT2D eigenvalue weighted by atomic mass is 10.3. The van der Waals surface area contributed by atoms with Crippen LogP contribution >= 0.6 is 11.6 Å². The molecule has 0 atom stereocenters. The van der Waals surface area contributed by atoms with Crippen LogP contribution < -0.4 is 0 Å². The van der Waals surface area contributed by atoms with E-state index in [2.05, 4.69) is 14.8 Å². The van der Waals surface area contributed by atoms with E-state index in [0.29, 0.717) is 11.6 Å². The first-order valence-electron chi connectivity index (χ1n) is 7.79. The van der Waals surface area contributed by atoms with E-state index in [-0.39, 0.29) is 5.91 Å². The molecule has 1 saturated heterocycles. The van der Waals surface area contributed by atoms with Crippen LogP contribution in [0.1, 0.15) is 5.69 Å². The standard InChI is InChI=1S/C16H22ClN5O/c1-19(2)16(23)12-21-7-5-20(6-8-21)10-14-11-22-9-13(17)3-4-15(22)18-14/h3-4,9,11H,5-8,10,12H2,1-2H3. The van der Waals surface area contributed by atoms with Crippen molar-refractivity contribution in [3.63, 3.8) is 0 Å². The van der Waals surface area contributed by atoms with Gasteiger partial charge >= 0.3 is 0 Å². The second kappa shape index (κ2) is 6.86. The van der Waals surface area contributed by atoms with Crippen molar-refractivity contribution in [1.82, 2.24) is 24.1 Å². The van der Waals surface area contributed by atoms with Crippen LogP contribution in [0.15, 0.2) is 24.5 Å². The summed E-state index contributed by atoms with van der Waals surface area (Å²) in [5, 5.41) is 0.709. The van der Waals surface area contributed by atoms with Gasteiger partial charge in [0.05, 0.1) is 17.3 Å². The number of carbonyl (C=O) groups is 1. The molecule has 3 rings (SSSR count). The molecule has 23 heavy (non-hydrogen) atoms. The fourth-order valence-electron chi connectivity index (χ4n) is 2.76. The van der Waals surface area contributed by atoms with Crippen molar-refractivity contribution in [2.75, 3.05) is 46.8 Å². The van der Waals surface area contributed by atoms with Gasteiger partial charge in [0.1, 0.15) is 5.65 Å². The molecule has 1 fully saturated rings. The minimum Gasteiger partial charge on any atom is -0.348 e. The van der Waals surface area contributed by atoms with Crippen LogP contribution in [-0.2, 0) is 11.3 Å². The molecule has 124 valence electrons. The van der Waals surface area contributed by atoms with E-state index in [1.165, 1.54) is 0 Å². The zero-order valence-electron chi connectivity index (χ0n) is 13.6. The van der Waals surface area contributed by atoms with Crippen LogP contribution in [0.2, 0.25) is 5.02 Å². The number of halogens is 1. The molecule has 1 aliphatic heterocycles. The SMILES string of the molecule is CN(C)C(=O)CN1CCN(Cc2cn3cc(Cl)ccc3n2)CC1. The smallest absolute Gasteiger partial charge is 0.236 e. The number of piperazine rings is 1. The van der Waals surface area contributed by atoms with Gasteiger partial charge in [0.2, 0.25) is 5.91 Å². The Bertz CT molecular complexity index is 691. The van der Waals surface area contributed by atoms with Crippen LogP contribution in [0.25, 0.3) is 5.65 Å². The molecule has 2 aromatic heterocycles. The van der Waals surface area contributed by atoms with Gasteiger partial charge in [-0.05, 0) is 12.1 Å². The predicted octanol–water partition coefficient (Wildman–Crippen LogP) is 1.19.